The van der Waals surface area contributed by atoms with Gasteiger partial charge in [-0.1, -0.05) is 12.1 Å². The monoisotopic (exact) mass is 414 g/mol. The Balaban J connectivity index is 1.90. The van der Waals surface area contributed by atoms with Crippen molar-refractivity contribution in [2.45, 2.75) is 6.61 Å². The van der Waals surface area contributed by atoms with E-state index in [1.54, 1.807) is 24.4 Å². The lowest BCUT2D eigenvalue weighted by atomic mass is 9.96. The minimum absolute atomic E-state index is 0.00780. The SMILES string of the molecule is N#Cc1c(F)cccc1-c1cc2c(n(-c3cccnc3)c1=O)COc1cc(F)cnc1-2. The lowest BCUT2D eigenvalue weighted by Gasteiger charge is -2.24. The summed E-state index contributed by atoms with van der Waals surface area (Å²) in [5, 5.41) is 9.48. The fourth-order valence-electron chi connectivity index (χ4n) is 3.69. The second-order valence-corrected chi connectivity index (χ2v) is 6.83. The zero-order valence-electron chi connectivity index (χ0n) is 15.8. The Morgan fingerprint density at radius 1 is 1.06 bits per heavy atom. The number of hydrogen-bond acceptors (Lipinski definition) is 5. The summed E-state index contributed by atoms with van der Waals surface area (Å²) in [5.41, 5.74) is 1.38. The highest BCUT2D eigenvalue weighted by molar-refractivity contribution is 5.79. The summed E-state index contributed by atoms with van der Waals surface area (Å²) in [6, 6.07) is 12.1. The third-order valence-corrected chi connectivity index (χ3v) is 5.06. The van der Waals surface area contributed by atoms with E-state index in [2.05, 4.69) is 9.97 Å². The molecule has 1 aliphatic heterocycles. The van der Waals surface area contributed by atoms with Crippen LogP contribution in [-0.4, -0.2) is 14.5 Å². The second-order valence-electron chi connectivity index (χ2n) is 6.83. The van der Waals surface area contributed by atoms with Crippen molar-refractivity contribution < 1.29 is 13.5 Å². The largest absolute Gasteiger partial charge is 0.485 e. The van der Waals surface area contributed by atoms with Gasteiger partial charge in [-0.05, 0) is 24.3 Å². The fraction of sp³-hybridized carbons (Fsp3) is 0.0435. The standard InChI is InChI=1S/C23H12F2N4O2/c24-13-7-21-22(28-10-13)17-8-16(15-4-1-5-19(25)18(15)9-26)23(30)29(20(17)12-31-21)14-3-2-6-27-11-14/h1-8,10-11H,12H2. The highest BCUT2D eigenvalue weighted by Gasteiger charge is 2.27. The number of aromatic nitrogens is 3. The van der Waals surface area contributed by atoms with Crippen LogP contribution in [0.4, 0.5) is 8.78 Å². The van der Waals surface area contributed by atoms with Gasteiger partial charge in [0.25, 0.3) is 5.56 Å². The molecular weight excluding hydrogens is 402 g/mol. The van der Waals surface area contributed by atoms with Crippen LogP contribution in [0.3, 0.4) is 0 Å². The first kappa shape index (κ1) is 18.6. The van der Waals surface area contributed by atoms with Gasteiger partial charge in [-0.25, -0.2) is 13.8 Å². The molecule has 6 nitrogen and oxygen atoms in total. The summed E-state index contributed by atoms with van der Waals surface area (Å²) in [7, 11) is 0. The van der Waals surface area contributed by atoms with E-state index < -0.39 is 17.2 Å². The normalized spacial score (nSPS) is 11.8. The van der Waals surface area contributed by atoms with Crippen LogP contribution in [0, 0.1) is 23.0 Å². The number of ether oxygens (including phenoxy) is 1. The Bertz CT molecular complexity index is 1440. The van der Waals surface area contributed by atoms with Gasteiger partial charge in [0.15, 0.2) is 0 Å². The van der Waals surface area contributed by atoms with Gasteiger partial charge in [0, 0.05) is 29.0 Å². The molecule has 150 valence electrons. The average Bonchev–Trinajstić information content (AvgIpc) is 2.78. The molecule has 0 spiro atoms. The van der Waals surface area contributed by atoms with Crippen molar-refractivity contribution in [2.75, 3.05) is 0 Å². The van der Waals surface area contributed by atoms with E-state index in [1.807, 2.05) is 6.07 Å². The highest BCUT2D eigenvalue weighted by Crippen LogP contribution is 2.38. The molecule has 4 aromatic rings. The molecule has 0 atom stereocenters. The Hall–Kier alpha value is -4.38. The Labute approximate surface area is 174 Å². The van der Waals surface area contributed by atoms with Crippen LogP contribution >= 0.6 is 0 Å². The maximum absolute atomic E-state index is 14.3. The molecule has 0 saturated carbocycles. The number of nitrogens with zero attached hydrogens (tertiary/aromatic N) is 4. The molecule has 0 fully saturated rings. The maximum Gasteiger partial charge on any atom is 0.263 e. The first-order chi connectivity index (χ1) is 15.1. The van der Waals surface area contributed by atoms with Gasteiger partial charge in [0.1, 0.15) is 35.8 Å². The van der Waals surface area contributed by atoms with E-state index in [4.69, 9.17) is 4.74 Å². The molecule has 1 aromatic carbocycles. The van der Waals surface area contributed by atoms with Crippen molar-refractivity contribution >= 4 is 0 Å². The molecule has 8 heteroatoms. The van der Waals surface area contributed by atoms with Crippen molar-refractivity contribution in [3.8, 4) is 39.9 Å². The van der Waals surface area contributed by atoms with Crippen molar-refractivity contribution in [1.82, 2.24) is 14.5 Å². The van der Waals surface area contributed by atoms with E-state index >= 15 is 0 Å². The van der Waals surface area contributed by atoms with Crippen molar-refractivity contribution in [3.63, 3.8) is 0 Å². The van der Waals surface area contributed by atoms with Gasteiger partial charge in [0.2, 0.25) is 0 Å². The zero-order valence-corrected chi connectivity index (χ0v) is 15.8. The topological polar surface area (TPSA) is 80.8 Å². The first-order valence-electron chi connectivity index (χ1n) is 9.25. The van der Waals surface area contributed by atoms with Crippen LogP contribution in [0.1, 0.15) is 11.3 Å². The molecule has 4 heterocycles. The van der Waals surface area contributed by atoms with Crippen LogP contribution in [-0.2, 0) is 6.61 Å². The third kappa shape index (κ3) is 2.95. The number of hydrogen-bond donors (Lipinski definition) is 0. The van der Waals surface area contributed by atoms with E-state index in [1.165, 1.54) is 29.0 Å². The number of pyridine rings is 3. The van der Waals surface area contributed by atoms with Crippen LogP contribution < -0.4 is 10.3 Å². The van der Waals surface area contributed by atoms with Gasteiger partial charge >= 0.3 is 0 Å². The summed E-state index contributed by atoms with van der Waals surface area (Å²) in [6.07, 6.45) is 4.14. The summed E-state index contributed by atoms with van der Waals surface area (Å²) in [5.74, 6) is -1.05. The Morgan fingerprint density at radius 3 is 2.71 bits per heavy atom. The predicted molar refractivity (Wildman–Crippen MR) is 107 cm³/mol. The molecule has 0 bridgehead atoms. The fourth-order valence-corrected chi connectivity index (χ4v) is 3.69. The lowest BCUT2D eigenvalue weighted by molar-refractivity contribution is 0.290. The van der Waals surface area contributed by atoms with Gasteiger partial charge < -0.3 is 4.74 Å². The van der Waals surface area contributed by atoms with Crippen LogP contribution in [0.5, 0.6) is 5.75 Å². The van der Waals surface area contributed by atoms with E-state index in [0.717, 1.165) is 12.3 Å². The molecule has 0 saturated heterocycles. The number of fused-ring (bicyclic) bond motifs is 3. The van der Waals surface area contributed by atoms with Crippen molar-refractivity contribution in [3.05, 3.63) is 94.3 Å². The average molecular weight is 414 g/mol. The minimum atomic E-state index is -0.728. The summed E-state index contributed by atoms with van der Waals surface area (Å²) in [6.45, 7) is -0.00780. The molecule has 31 heavy (non-hydrogen) atoms. The van der Waals surface area contributed by atoms with Gasteiger partial charge in [-0.15, -0.1) is 0 Å². The summed E-state index contributed by atoms with van der Waals surface area (Å²) >= 11 is 0. The van der Waals surface area contributed by atoms with Gasteiger partial charge in [-0.2, -0.15) is 5.26 Å². The summed E-state index contributed by atoms with van der Waals surface area (Å²) in [4.78, 5) is 21.8. The van der Waals surface area contributed by atoms with E-state index in [9.17, 15) is 18.8 Å². The van der Waals surface area contributed by atoms with Crippen molar-refractivity contribution in [2.24, 2.45) is 0 Å². The number of rotatable bonds is 2. The molecule has 5 rings (SSSR count). The van der Waals surface area contributed by atoms with Crippen LogP contribution in [0.2, 0.25) is 0 Å². The third-order valence-electron chi connectivity index (χ3n) is 5.06. The molecule has 0 amide bonds. The van der Waals surface area contributed by atoms with E-state index in [-0.39, 0.29) is 29.0 Å². The molecule has 3 aromatic heterocycles. The van der Waals surface area contributed by atoms with E-state index in [0.29, 0.717) is 22.6 Å². The van der Waals surface area contributed by atoms with Gasteiger partial charge in [0.05, 0.1) is 29.3 Å². The quantitative estimate of drug-likeness (QED) is 0.495. The molecule has 0 N–H and O–H groups in total. The maximum atomic E-state index is 14.3. The van der Waals surface area contributed by atoms with Crippen LogP contribution in [0.15, 0.2) is 65.8 Å². The minimum Gasteiger partial charge on any atom is -0.485 e. The second kappa shape index (κ2) is 7.15. The Morgan fingerprint density at radius 2 is 1.94 bits per heavy atom. The molecular formula is C23H12F2N4O2. The summed E-state index contributed by atoms with van der Waals surface area (Å²) < 4.78 is 35.0. The number of nitriles is 1. The van der Waals surface area contributed by atoms with Gasteiger partial charge in [-0.3, -0.25) is 14.3 Å². The Kier molecular flexibility index (Phi) is 4.30. The predicted octanol–water partition coefficient (Wildman–Crippen LogP) is 4.00. The number of halogens is 2. The zero-order chi connectivity index (χ0) is 21.5. The van der Waals surface area contributed by atoms with Crippen molar-refractivity contribution in [1.29, 1.82) is 5.26 Å². The molecule has 0 radical (unpaired) electrons. The molecule has 0 aliphatic carbocycles. The first-order valence-corrected chi connectivity index (χ1v) is 9.25. The molecule has 0 unspecified atom stereocenters. The van der Waals surface area contributed by atoms with Crippen LogP contribution in [0.25, 0.3) is 28.1 Å². The molecule has 1 aliphatic rings. The number of benzene rings is 1. The highest BCUT2D eigenvalue weighted by atomic mass is 19.1. The lowest BCUT2D eigenvalue weighted by Crippen LogP contribution is -2.27. The smallest absolute Gasteiger partial charge is 0.263 e.